The van der Waals surface area contributed by atoms with Crippen molar-refractivity contribution in [2.45, 2.75) is 19.6 Å². The van der Waals surface area contributed by atoms with Crippen LogP contribution in [0.4, 0.5) is 4.39 Å². The molecule has 3 N–H and O–H groups in total. The fourth-order valence-electron chi connectivity index (χ4n) is 2.68. The van der Waals surface area contributed by atoms with E-state index >= 15 is 0 Å². The first kappa shape index (κ1) is 20.3. The molecule has 0 fully saturated rings. The maximum Gasteiger partial charge on any atom is 0.273 e. The summed E-state index contributed by atoms with van der Waals surface area (Å²) in [4.78, 5) is 12.2. The molecule has 0 atom stereocenters. The molecule has 0 saturated heterocycles. The Labute approximate surface area is 167 Å². The van der Waals surface area contributed by atoms with E-state index in [1.165, 1.54) is 19.2 Å². The molecule has 9 heteroatoms. The first-order chi connectivity index (χ1) is 14.1. The van der Waals surface area contributed by atoms with Crippen LogP contribution >= 0.6 is 0 Å². The zero-order chi connectivity index (χ0) is 20.6. The van der Waals surface area contributed by atoms with Gasteiger partial charge in [0.15, 0.2) is 17.2 Å². The Kier molecular flexibility index (Phi) is 6.75. The topological polar surface area (TPSA) is 101 Å². The second-order valence-corrected chi connectivity index (χ2v) is 6.32. The van der Waals surface area contributed by atoms with E-state index in [1.807, 2.05) is 12.1 Å². The van der Waals surface area contributed by atoms with Gasteiger partial charge in [-0.25, -0.2) is 4.39 Å². The number of hydrogen-bond acceptors (Lipinski definition) is 6. The molecule has 29 heavy (non-hydrogen) atoms. The fourth-order valence-corrected chi connectivity index (χ4v) is 2.68. The highest BCUT2D eigenvalue weighted by atomic mass is 19.1. The van der Waals surface area contributed by atoms with Crippen LogP contribution in [0.25, 0.3) is 0 Å². The zero-order valence-electron chi connectivity index (χ0n) is 15.9. The number of rotatable bonds is 9. The summed E-state index contributed by atoms with van der Waals surface area (Å²) in [6.45, 7) is 1.81. The third-order valence-electron chi connectivity index (χ3n) is 4.27. The summed E-state index contributed by atoms with van der Waals surface area (Å²) in [5.74, 6) is -0.131. The van der Waals surface area contributed by atoms with Gasteiger partial charge in [0.1, 0.15) is 5.82 Å². The third-order valence-corrected chi connectivity index (χ3v) is 4.27. The highest BCUT2D eigenvalue weighted by Crippen LogP contribution is 2.28. The van der Waals surface area contributed by atoms with Crippen LogP contribution in [0, 0.1) is 5.82 Å². The van der Waals surface area contributed by atoms with Crippen LogP contribution in [0.3, 0.4) is 0 Å². The molecule has 0 aliphatic carbocycles. The summed E-state index contributed by atoms with van der Waals surface area (Å²) in [5, 5.41) is 23.8. The van der Waals surface area contributed by atoms with Crippen LogP contribution in [0.1, 0.15) is 21.6 Å². The Morgan fingerprint density at radius 3 is 2.76 bits per heavy atom. The highest BCUT2D eigenvalue weighted by Gasteiger charge is 2.11. The standard InChI is InChI=1S/C20H22FN5O3/c1-29-18-4-2-3-15(19(18)27)12-22-9-10-26-13-17(24-25-26)20(28)23-11-14-5-7-16(21)8-6-14/h2-8,13,22,27H,9-12H2,1H3,(H,23,28). The molecule has 3 rings (SSSR count). The van der Waals surface area contributed by atoms with Gasteiger partial charge in [-0.15, -0.1) is 5.10 Å². The third kappa shape index (κ3) is 5.52. The smallest absolute Gasteiger partial charge is 0.273 e. The molecule has 3 aromatic rings. The van der Waals surface area contributed by atoms with E-state index in [0.29, 0.717) is 25.4 Å². The number of para-hydroxylation sites is 1. The largest absolute Gasteiger partial charge is 0.504 e. The lowest BCUT2D eigenvalue weighted by atomic mass is 10.2. The number of methoxy groups -OCH3 is 1. The lowest BCUT2D eigenvalue weighted by Gasteiger charge is -2.09. The number of carbonyl (C=O) groups excluding carboxylic acids is 1. The van der Waals surface area contributed by atoms with Gasteiger partial charge in [-0.05, 0) is 23.8 Å². The van der Waals surface area contributed by atoms with Crippen LogP contribution in [-0.2, 0) is 19.6 Å². The molecule has 1 amide bonds. The number of ether oxygens (including phenoxy) is 1. The quantitative estimate of drug-likeness (QED) is 0.475. The predicted molar refractivity (Wildman–Crippen MR) is 104 cm³/mol. The Hall–Kier alpha value is -3.46. The first-order valence-electron chi connectivity index (χ1n) is 9.05. The Morgan fingerprint density at radius 2 is 2.00 bits per heavy atom. The average molecular weight is 399 g/mol. The molecule has 0 saturated carbocycles. The second kappa shape index (κ2) is 9.65. The van der Waals surface area contributed by atoms with Crippen molar-refractivity contribution in [1.82, 2.24) is 25.6 Å². The minimum atomic E-state index is -0.352. The number of aromatic hydroxyl groups is 1. The Morgan fingerprint density at radius 1 is 1.21 bits per heavy atom. The van der Waals surface area contributed by atoms with Gasteiger partial charge in [-0.1, -0.05) is 29.5 Å². The minimum absolute atomic E-state index is 0.114. The minimum Gasteiger partial charge on any atom is -0.504 e. The van der Waals surface area contributed by atoms with Crippen molar-refractivity contribution in [2.75, 3.05) is 13.7 Å². The highest BCUT2D eigenvalue weighted by molar-refractivity contribution is 5.91. The normalized spacial score (nSPS) is 10.7. The number of nitrogens with one attached hydrogen (secondary N) is 2. The number of benzene rings is 2. The molecule has 0 radical (unpaired) electrons. The summed E-state index contributed by atoms with van der Waals surface area (Å²) >= 11 is 0. The molecule has 0 aliphatic rings. The Balaban J connectivity index is 1.44. The molecule has 152 valence electrons. The van der Waals surface area contributed by atoms with E-state index in [4.69, 9.17) is 4.74 Å². The number of nitrogens with zero attached hydrogens (tertiary/aromatic N) is 3. The van der Waals surface area contributed by atoms with Crippen LogP contribution in [0.5, 0.6) is 11.5 Å². The first-order valence-corrected chi connectivity index (χ1v) is 9.05. The molecule has 0 bridgehead atoms. The number of carbonyl (C=O) groups is 1. The van der Waals surface area contributed by atoms with Gasteiger partial charge in [0.25, 0.3) is 5.91 Å². The number of aromatic nitrogens is 3. The van der Waals surface area contributed by atoms with Crippen LogP contribution < -0.4 is 15.4 Å². The SMILES string of the molecule is COc1cccc(CNCCn2cc(C(=O)NCc3ccc(F)cc3)nn2)c1O. The van der Waals surface area contributed by atoms with Crippen molar-refractivity contribution >= 4 is 5.91 Å². The van der Waals surface area contributed by atoms with Gasteiger partial charge in [-0.3, -0.25) is 9.48 Å². The van der Waals surface area contributed by atoms with E-state index in [1.54, 1.807) is 29.1 Å². The molecular formula is C20H22FN5O3. The summed E-state index contributed by atoms with van der Waals surface area (Å²) in [6.07, 6.45) is 1.56. The van der Waals surface area contributed by atoms with E-state index in [9.17, 15) is 14.3 Å². The van der Waals surface area contributed by atoms with Gasteiger partial charge >= 0.3 is 0 Å². The molecule has 2 aromatic carbocycles. The van der Waals surface area contributed by atoms with Crippen molar-refractivity contribution in [3.05, 3.63) is 71.3 Å². The summed E-state index contributed by atoms with van der Waals surface area (Å²) in [6, 6.07) is 11.2. The van der Waals surface area contributed by atoms with Crippen molar-refractivity contribution < 1.29 is 19.0 Å². The maximum atomic E-state index is 12.9. The average Bonchev–Trinajstić information content (AvgIpc) is 3.21. The van der Waals surface area contributed by atoms with Crippen molar-refractivity contribution in [3.8, 4) is 11.5 Å². The van der Waals surface area contributed by atoms with Gasteiger partial charge in [0.2, 0.25) is 0 Å². The summed E-state index contributed by atoms with van der Waals surface area (Å²) in [5.41, 5.74) is 1.72. The van der Waals surface area contributed by atoms with Crippen LogP contribution in [0.2, 0.25) is 0 Å². The molecule has 1 aromatic heterocycles. The number of halogens is 1. The molecule has 0 aliphatic heterocycles. The number of amides is 1. The van der Waals surface area contributed by atoms with Gasteiger partial charge in [-0.2, -0.15) is 0 Å². The lowest BCUT2D eigenvalue weighted by Crippen LogP contribution is -2.23. The summed E-state index contributed by atoms with van der Waals surface area (Å²) < 4.78 is 19.5. The number of phenols is 1. The van der Waals surface area contributed by atoms with Gasteiger partial charge in [0, 0.05) is 25.2 Å². The Bertz CT molecular complexity index is 959. The summed E-state index contributed by atoms with van der Waals surface area (Å²) in [7, 11) is 1.50. The van der Waals surface area contributed by atoms with Crippen molar-refractivity contribution in [3.63, 3.8) is 0 Å². The van der Waals surface area contributed by atoms with Gasteiger partial charge in [0.05, 0.1) is 19.9 Å². The van der Waals surface area contributed by atoms with Crippen molar-refractivity contribution in [1.29, 1.82) is 0 Å². The monoisotopic (exact) mass is 399 g/mol. The molecule has 1 heterocycles. The van der Waals surface area contributed by atoms with Crippen LogP contribution in [-0.4, -0.2) is 39.7 Å². The van der Waals surface area contributed by atoms with Gasteiger partial charge < -0.3 is 20.5 Å². The van der Waals surface area contributed by atoms with E-state index in [-0.39, 0.29) is 29.7 Å². The predicted octanol–water partition coefficient (Wildman–Crippen LogP) is 1.85. The molecule has 8 nitrogen and oxygen atoms in total. The second-order valence-electron chi connectivity index (χ2n) is 6.32. The zero-order valence-corrected chi connectivity index (χ0v) is 15.9. The fraction of sp³-hybridized carbons (Fsp3) is 0.250. The van der Waals surface area contributed by atoms with E-state index in [0.717, 1.165) is 11.1 Å². The lowest BCUT2D eigenvalue weighted by molar-refractivity contribution is 0.0946. The molecule has 0 unspecified atom stereocenters. The number of hydrogen-bond donors (Lipinski definition) is 3. The van der Waals surface area contributed by atoms with Crippen LogP contribution in [0.15, 0.2) is 48.7 Å². The van der Waals surface area contributed by atoms with Crippen molar-refractivity contribution in [2.24, 2.45) is 0 Å². The van der Waals surface area contributed by atoms with E-state index in [2.05, 4.69) is 20.9 Å². The molecule has 0 spiro atoms. The molecular weight excluding hydrogens is 377 g/mol. The van der Waals surface area contributed by atoms with E-state index < -0.39 is 0 Å². The maximum absolute atomic E-state index is 12.9. The number of phenolic OH excluding ortho intramolecular Hbond substituents is 1.